The van der Waals surface area contributed by atoms with Gasteiger partial charge in [-0.25, -0.2) is 0 Å². The van der Waals surface area contributed by atoms with Crippen LogP contribution in [0, 0.1) is 0 Å². The van der Waals surface area contributed by atoms with E-state index in [-0.39, 0.29) is 0 Å². The number of halogens is 4. The maximum atomic E-state index is 13.0. The quantitative estimate of drug-likeness (QED) is 0.649. The number of fused-ring (bicyclic) bond motifs is 1. The molecule has 0 saturated heterocycles. The molecular weight excluding hydrogens is 325 g/mol. The molecule has 0 atom stereocenters. The first kappa shape index (κ1) is 15.7. The zero-order valence-corrected chi connectivity index (χ0v) is 13.0. The van der Waals surface area contributed by atoms with Gasteiger partial charge < -0.3 is 10.3 Å². The summed E-state index contributed by atoms with van der Waals surface area (Å²) in [6.07, 6.45) is -4.39. The fraction of sp³-hybridized carbons (Fsp3) is 0.176. The smallest absolute Gasteiger partial charge is 0.396 e. The minimum absolute atomic E-state index is 0.456. The lowest BCUT2D eigenvalue weighted by Crippen LogP contribution is -2.05. The van der Waals surface area contributed by atoms with Gasteiger partial charge in [0.25, 0.3) is 0 Å². The number of alkyl halides is 3. The molecule has 0 bridgehead atoms. The Morgan fingerprint density at radius 2 is 1.87 bits per heavy atom. The van der Waals surface area contributed by atoms with Gasteiger partial charge in [-0.15, -0.1) is 0 Å². The van der Waals surface area contributed by atoms with E-state index in [4.69, 9.17) is 17.3 Å². The molecular formula is C17H14ClF3N2. The zero-order valence-electron chi connectivity index (χ0n) is 12.3. The van der Waals surface area contributed by atoms with Gasteiger partial charge in [0.15, 0.2) is 0 Å². The van der Waals surface area contributed by atoms with Crippen LogP contribution in [-0.2, 0) is 12.7 Å². The van der Waals surface area contributed by atoms with Crippen molar-refractivity contribution in [1.29, 1.82) is 0 Å². The fourth-order valence-electron chi connectivity index (χ4n) is 2.83. The number of anilines is 1. The summed E-state index contributed by atoms with van der Waals surface area (Å²) in [5.41, 5.74) is 7.91. The van der Waals surface area contributed by atoms with E-state index < -0.39 is 11.7 Å². The molecule has 0 spiro atoms. The van der Waals surface area contributed by atoms with Crippen LogP contribution in [0.1, 0.15) is 12.5 Å². The van der Waals surface area contributed by atoms with Gasteiger partial charge in [0, 0.05) is 22.5 Å². The van der Waals surface area contributed by atoms with Gasteiger partial charge in [0.2, 0.25) is 0 Å². The van der Waals surface area contributed by atoms with E-state index in [0.29, 0.717) is 33.9 Å². The number of nitrogens with zero attached hydrogens (tertiary/aromatic N) is 1. The van der Waals surface area contributed by atoms with Crippen LogP contribution in [0.5, 0.6) is 0 Å². The van der Waals surface area contributed by atoms with E-state index >= 15 is 0 Å². The van der Waals surface area contributed by atoms with Gasteiger partial charge in [-0.1, -0.05) is 29.8 Å². The van der Waals surface area contributed by atoms with Crippen LogP contribution < -0.4 is 5.73 Å². The SMILES string of the molecule is CCn1c(-c2cccc(Cl)c2)c(N)c2ccc(C(F)(F)F)cc21. The highest BCUT2D eigenvalue weighted by Gasteiger charge is 2.31. The Morgan fingerprint density at radius 1 is 1.13 bits per heavy atom. The van der Waals surface area contributed by atoms with Crippen LogP contribution in [0.4, 0.5) is 18.9 Å². The number of aromatic nitrogens is 1. The van der Waals surface area contributed by atoms with Crippen LogP contribution in [0.15, 0.2) is 42.5 Å². The molecule has 1 aromatic heterocycles. The van der Waals surface area contributed by atoms with Gasteiger partial charge in [-0.05, 0) is 31.2 Å². The third kappa shape index (κ3) is 2.65. The molecule has 2 N–H and O–H groups in total. The minimum Gasteiger partial charge on any atom is -0.396 e. The Hall–Kier alpha value is -2.14. The molecule has 120 valence electrons. The Labute approximate surface area is 136 Å². The number of nitrogens with two attached hydrogens (primary N) is 1. The Bertz CT molecular complexity index is 881. The van der Waals surface area contributed by atoms with Crippen molar-refractivity contribution in [1.82, 2.24) is 4.57 Å². The maximum absolute atomic E-state index is 13.0. The molecule has 0 amide bonds. The second kappa shape index (κ2) is 5.49. The monoisotopic (exact) mass is 338 g/mol. The summed E-state index contributed by atoms with van der Waals surface area (Å²) in [4.78, 5) is 0. The van der Waals surface area contributed by atoms with Crippen LogP contribution in [0.3, 0.4) is 0 Å². The second-order valence-electron chi connectivity index (χ2n) is 5.25. The van der Waals surface area contributed by atoms with Gasteiger partial charge in [-0.3, -0.25) is 0 Å². The molecule has 0 fully saturated rings. The number of benzene rings is 2. The van der Waals surface area contributed by atoms with Crippen molar-refractivity contribution in [3.05, 3.63) is 53.1 Å². The predicted molar refractivity (Wildman–Crippen MR) is 87.5 cm³/mol. The molecule has 23 heavy (non-hydrogen) atoms. The molecule has 0 saturated carbocycles. The lowest BCUT2D eigenvalue weighted by Gasteiger charge is -2.10. The summed E-state index contributed by atoms with van der Waals surface area (Å²) in [5, 5.41) is 1.15. The maximum Gasteiger partial charge on any atom is 0.416 e. The predicted octanol–water partition coefficient (Wildman–Crippen LogP) is 5.58. The molecule has 0 radical (unpaired) electrons. The van der Waals surface area contributed by atoms with E-state index in [1.54, 1.807) is 22.8 Å². The van der Waals surface area contributed by atoms with Crippen molar-refractivity contribution in [3.8, 4) is 11.3 Å². The first-order valence-corrected chi connectivity index (χ1v) is 7.45. The average molecular weight is 339 g/mol. The average Bonchev–Trinajstić information content (AvgIpc) is 2.78. The second-order valence-corrected chi connectivity index (χ2v) is 5.68. The van der Waals surface area contributed by atoms with Crippen molar-refractivity contribution in [2.75, 3.05) is 5.73 Å². The normalized spacial score (nSPS) is 12.0. The lowest BCUT2D eigenvalue weighted by atomic mass is 10.1. The molecule has 3 aromatic rings. The molecule has 3 rings (SSSR count). The highest BCUT2D eigenvalue weighted by atomic mass is 35.5. The molecule has 6 heteroatoms. The Morgan fingerprint density at radius 3 is 2.48 bits per heavy atom. The number of hydrogen-bond acceptors (Lipinski definition) is 1. The summed E-state index contributed by atoms with van der Waals surface area (Å²) in [6.45, 7) is 2.37. The van der Waals surface area contributed by atoms with Gasteiger partial charge >= 0.3 is 6.18 Å². The number of nitrogen functional groups attached to an aromatic ring is 1. The van der Waals surface area contributed by atoms with Crippen molar-refractivity contribution in [2.45, 2.75) is 19.6 Å². The van der Waals surface area contributed by atoms with Crippen molar-refractivity contribution >= 4 is 28.2 Å². The summed E-state index contributed by atoms with van der Waals surface area (Å²) in [5.74, 6) is 0. The van der Waals surface area contributed by atoms with E-state index in [2.05, 4.69) is 0 Å². The van der Waals surface area contributed by atoms with E-state index in [0.717, 1.165) is 17.7 Å². The van der Waals surface area contributed by atoms with Crippen LogP contribution in [0.25, 0.3) is 22.2 Å². The van der Waals surface area contributed by atoms with Crippen molar-refractivity contribution < 1.29 is 13.2 Å². The van der Waals surface area contributed by atoms with Crippen LogP contribution in [-0.4, -0.2) is 4.57 Å². The Kier molecular flexibility index (Phi) is 3.76. The summed E-state index contributed by atoms with van der Waals surface area (Å²) in [6, 6.07) is 10.7. The van der Waals surface area contributed by atoms with E-state index in [1.165, 1.54) is 6.07 Å². The van der Waals surface area contributed by atoms with Crippen LogP contribution in [0.2, 0.25) is 5.02 Å². The summed E-state index contributed by atoms with van der Waals surface area (Å²) >= 11 is 6.03. The molecule has 2 nitrogen and oxygen atoms in total. The van der Waals surface area contributed by atoms with E-state index in [9.17, 15) is 13.2 Å². The van der Waals surface area contributed by atoms with Crippen molar-refractivity contribution in [3.63, 3.8) is 0 Å². The standard InChI is InChI=1S/C17H14ClF3N2/c1-2-23-14-9-11(17(19,20)21)6-7-13(14)15(22)16(23)10-4-3-5-12(18)8-10/h3-9H,2,22H2,1H3. The largest absolute Gasteiger partial charge is 0.416 e. The summed E-state index contributed by atoms with van der Waals surface area (Å²) < 4.78 is 40.7. The third-order valence-corrected chi connectivity index (χ3v) is 4.08. The molecule has 1 heterocycles. The Balaban J connectivity index is 2.33. The highest BCUT2D eigenvalue weighted by Crippen LogP contribution is 2.39. The number of aryl methyl sites for hydroxylation is 1. The molecule has 0 aliphatic carbocycles. The fourth-order valence-corrected chi connectivity index (χ4v) is 3.02. The topological polar surface area (TPSA) is 30.9 Å². The van der Waals surface area contributed by atoms with Gasteiger partial charge in [-0.2, -0.15) is 13.2 Å². The van der Waals surface area contributed by atoms with Crippen LogP contribution >= 0.6 is 11.6 Å². The molecule has 0 unspecified atom stereocenters. The number of rotatable bonds is 2. The lowest BCUT2D eigenvalue weighted by molar-refractivity contribution is -0.137. The molecule has 0 aliphatic heterocycles. The zero-order chi connectivity index (χ0) is 16.8. The third-order valence-electron chi connectivity index (χ3n) is 3.85. The highest BCUT2D eigenvalue weighted by molar-refractivity contribution is 6.30. The molecule has 0 aliphatic rings. The summed E-state index contributed by atoms with van der Waals surface area (Å²) in [7, 11) is 0. The number of hydrogen-bond donors (Lipinski definition) is 1. The molecule has 2 aromatic carbocycles. The first-order chi connectivity index (χ1) is 10.8. The first-order valence-electron chi connectivity index (χ1n) is 7.07. The minimum atomic E-state index is -4.39. The van der Waals surface area contributed by atoms with Gasteiger partial charge in [0.05, 0.1) is 22.5 Å². The van der Waals surface area contributed by atoms with E-state index in [1.807, 2.05) is 13.0 Å². The van der Waals surface area contributed by atoms with Crippen molar-refractivity contribution in [2.24, 2.45) is 0 Å². The van der Waals surface area contributed by atoms with Gasteiger partial charge in [0.1, 0.15) is 0 Å².